The van der Waals surface area contributed by atoms with E-state index in [-0.39, 0.29) is 11.6 Å². The van der Waals surface area contributed by atoms with E-state index in [1.54, 1.807) is 0 Å². The maximum Gasteiger partial charge on any atom is 0.315 e. The fraction of sp³-hybridized carbons (Fsp3) is 0.696. The highest BCUT2D eigenvalue weighted by Crippen LogP contribution is 2.55. The molecule has 2 amide bonds. The third-order valence-electron chi connectivity index (χ3n) is 7.58. The van der Waals surface area contributed by atoms with Crippen molar-refractivity contribution >= 4 is 6.03 Å². The molecule has 0 radical (unpaired) electrons. The normalized spacial score (nSPS) is 37.5. The highest BCUT2D eigenvalue weighted by atomic mass is 16.2. The number of nitrogens with zero attached hydrogens (tertiary/aromatic N) is 1. The molecule has 4 aliphatic carbocycles. The number of carbonyl (C=O) groups excluding carboxylic acids is 1. The molecule has 4 bridgehead atoms. The van der Waals surface area contributed by atoms with E-state index in [2.05, 4.69) is 45.9 Å². The summed E-state index contributed by atoms with van der Waals surface area (Å²) in [6.45, 7) is 3.16. The number of amides is 2. The van der Waals surface area contributed by atoms with E-state index in [0.29, 0.717) is 6.04 Å². The third kappa shape index (κ3) is 3.87. The predicted octanol–water partition coefficient (Wildman–Crippen LogP) is 3.57. The zero-order valence-corrected chi connectivity index (χ0v) is 16.3. The van der Waals surface area contributed by atoms with Crippen molar-refractivity contribution in [2.45, 2.75) is 62.9 Å². The Bertz CT molecular complexity index is 638. The van der Waals surface area contributed by atoms with Crippen molar-refractivity contribution < 1.29 is 4.79 Å². The summed E-state index contributed by atoms with van der Waals surface area (Å²) in [4.78, 5) is 15.2. The third-order valence-corrected chi connectivity index (χ3v) is 7.58. The lowest BCUT2D eigenvalue weighted by atomic mass is 9.53. The molecule has 1 unspecified atom stereocenters. The molecule has 146 valence electrons. The molecule has 5 fully saturated rings. The molecule has 6 rings (SSSR count). The van der Waals surface area contributed by atoms with E-state index in [1.165, 1.54) is 44.1 Å². The molecular weight excluding hydrogens is 334 g/mol. The van der Waals surface area contributed by atoms with E-state index in [4.69, 9.17) is 0 Å². The molecule has 4 heteroatoms. The van der Waals surface area contributed by atoms with Crippen molar-refractivity contribution in [1.82, 2.24) is 15.5 Å². The van der Waals surface area contributed by atoms with E-state index in [9.17, 15) is 4.79 Å². The summed E-state index contributed by atoms with van der Waals surface area (Å²) in [6.07, 6.45) is 10.1. The lowest BCUT2D eigenvalue weighted by Crippen LogP contribution is -2.62. The first-order chi connectivity index (χ1) is 13.2. The van der Waals surface area contributed by atoms with E-state index < -0.39 is 0 Å². The number of likely N-dealkylation sites (tertiary alicyclic amines) is 1. The largest absolute Gasteiger partial charge is 0.334 e. The molecule has 0 aromatic heterocycles. The second-order valence-electron chi connectivity index (χ2n) is 9.82. The van der Waals surface area contributed by atoms with Gasteiger partial charge in [0.2, 0.25) is 0 Å². The number of hydrogen-bond acceptors (Lipinski definition) is 2. The molecule has 0 spiro atoms. The Labute approximate surface area is 163 Å². The summed E-state index contributed by atoms with van der Waals surface area (Å²) in [5, 5.41) is 6.75. The zero-order chi connectivity index (χ0) is 18.3. The van der Waals surface area contributed by atoms with Crippen molar-refractivity contribution in [1.29, 1.82) is 0 Å². The van der Waals surface area contributed by atoms with Gasteiger partial charge in [-0.25, -0.2) is 4.79 Å². The lowest BCUT2D eigenvalue weighted by molar-refractivity contribution is -0.0136. The molecule has 1 saturated heterocycles. The van der Waals surface area contributed by atoms with Gasteiger partial charge in [0.15, 0.2) is 0 Å². The minimum Gasteiger partial charge on any atom is -0.334 e. The Hall–Kier alpha value is -1.55. The second-order valence-corrected chi connectivity index (χ2v) is 9.82. The summed E-state index contributed by atoms with van der Waals surface area (Å²) in [6, 6.07) is 11.1. The summed E-state index contributed by atoms with van der Waals surface area (Å²) < 4.78 is 0. The van der Waals surface area contributed by atoms with Crippen LogP contribution >= 0.6 is 0 Å². The first kappa shape index (κ1) is 17.5. The Balaban J connectivity index is 1.09. The topological polar surface area (TPSA) is 44.4 Å². The average molecular weight is 368 g/mol. The quantitative estimate of drug-likeness (QED) is 0.836. The first-order valence-electron chi connectivity index (χ1n) is 11.0. The molecule has 27 heavy (non-hydrogen) atoms. The summed E-state index contributed by atoms with van der Waals surface area (Å²) in [5.74, 6) is 2.62. The van der Waals surface area contributed by atoms with Crippen LogP contribution in [0.1, 0.15) is 50.5 Å². The molecule has 2 N–H and O–H groups in total. The number of benzene rings is 1. The number of urea groups is 1. The SMILES string of the molecule is O=C(NC1CCN(CCc2ccccc2)C1)NC12CC3CC(CC(C3)C1)C2. The molecular formula is C23H33N3O. The van der Waals surface area contributed by atoms with Crippen LogP contribution in [0.5, 0.6) is 0 Å². The fourth-order valence-electron chi connectivity index (χ4n) is 6.81. The highest BCUT2D eigenvalue weighted by molar-refractivity contribution is 5.75. The maximum absolute atomic E-state index is 12.7. The van der Waals surface area contributed by atoms with Crippen LogP contribution in [0.25, 0.3) is 0 Å². The van der Waals surface area contributed by atoms with Crippen LogP contribution in [0.2, 0.25) is 0 Å². The second kappa shape index (κ2) is 7.12. The highest BCUT2D eigenvalue weighted by Gasteiger charge is 2.51. The average Bonchev–Trinajstić information content (AvgIpc) is 3.06. The van der Waals surface area contributed by atoms with Gasteiger partial charge in [-0.15, -0.1) is 0 Å². The van der Waals surface area contributed by atoms with Gasteiger partial charge in [-0.05, 0) is 74.7 Å². The summed E-state index contributed by atoms with van der Waals surface area (Å²) in [5.41, 5.74) is 1.51. The molecule has 4 nitrogen and oxygen atoms in total. The molecule has 4 saturated carbocycles. The molecule has 1 aromatic rings. The fourth-order valence-corrected chi connectivity index (χ4v) is 6.81. The lowest BCUT2D eigenvalue weighted by Gasteiger charge is -2.56. The van der Waals surface area contributed by atoms with Crippen molar-refractivity contribution in [3.63, 3.8) is 0 Å². The van der Waals surface area contributed by atoms with Gasteiger partial charge in [0, 0.05) is 31.2 Å². The number of nitrogens with one attached hydrogen (secondary N) is 2. The molecule has 1 aliphatic heterocycles. The summed E-state index contributed by atoms with van der Waals surface area (Å²) >= 11 is 0. The number of carbonyl (C=O) groups is 1. The van der Waals surface area contributed by atoms with Gasteiger partial charge in [0.05, 0.1) is 0 Å². The molecule has 5 aliphatic rings. The Morgan fingerprint density at radius 1 is 1.04 bits per heavy atom. The Kier molecular flexibility index (Phi) is 4.63. The molecule has 1 heterocycles. The van der Waals surface area contributed by atoms with Gasteiger partial charge in [-0.3, -0.25) is 0 Å². The van der Waals surface area contributed by atoms with Gasteiger partial charge in [0.25, 0.3) is 0 Å². The maximum atomic E-state index is 12.7. The van der Waals surface area contributed by atoms with Gasteiger partial charge < -0.3 is 15.5 Å². The van der Waals surface area contributed by atoms with Crippen molar-refractivity contribution in [3.05, 3.63) is 35.9 Å². The van der Waals surface area contributed by atoms with Crippen LogP contribution in [-0.2, 0) is 6.42 Å². The summed E-state index contributed by atoms with van der Waals surface area (Å²) in [7, 11) is 0. The monoisotopic (exact) mass is 367 g/mol. The van der Waals surface area contributed by atoms with Crippen LogP contribution in [0.4, 0.5) is 4.79 Å². The molecule has 1 aromatic carbocycles. The van der Waals surface area contributed by atoms with E-state index >= 15 is 0 Å². The minimum atomic E-state index is 0.0897. The van der Waals surface area contributed by atoms with E-state index in [0.717, 1.165) is 50.2 Å². The Morgan fingerprint density at radius 3 is 2.37 bits per heavy atom. The smallest absolute Gasteiger partial charge is 0.315 e. The zero-order valence-electron chi connectivity index (χ0n) is 16.3. The predicted molar refractivity (Wildman–Crippen MR) is 108 cm³/mol. The minimum absolute atomic E-state index is 0.0897. The van der Waals surface area contributed by atoms with Gasteiger partial charge >= 0.3 is 6.03 Å². The Morgan fingerprint density at radius 2 is 1.70 bits per heavy atom. The van der Waals surface area contributed by atoms with Gasteiger partial charge in [-0.1, -0.05) is 30.3 Å². The van der Waals surface area contributed by atoms with Gasteiger partial charge in [0.1, 0.15) is 0 Å². The number of hydrogen-bond donors (Lipinski definition) is 2. The van der Waals surface area contributed by atoms with Crippen molar-refractivity contribution in [2.24, 2.45) is 17.8 Å². The van der Waals surface area contributed by atoms with Crippen LogP contribution in [-0.4, -0.2) is 42.1 Å². The van der Waals surface area contributed by atoms with Crippen LogP contribution in [0.3, 0.4) is 0 Å². The molecule has 1 atom stereocenters. The first-order valence-corrected chi connectivity index (χ1v) is 11.0. The van der Waals surface area contributed by atoms with Crippen LogP contribution in [0.15, 0.2) is 30.3 Å². The standard InChI is InChI=1S/C23H33N3O/c27-22(25-23-13-18-10-19(14-23)12-20(11-18)15-23)24-21-7-9-26(16-21)8-6-17-4-2-1-3-5-17/h1-5,18-21H,6-16H2,(H2,24,25,27). The van der Waals surface area contributed by atoms with Gasteiger partial charge in [-0.2, -0.15) is 0 Å². The number of rotatable bonds is 5. The van der Waals surface area contributed by atoms with Crippen LogP contribution in [0, 0.1) is 17.8 Å². The van der Waals surface area contributed by atoms with E-state index in [1.807, 2.05) is 0 Å². The van der Waals surface area contributed by atoms with Crippen molar-refractivity contribution in [2.75, 3.05) is 19.6 Å². The van der Waals surface area contributed by atoms with Crippen LogP contribution < -0.4 is 10.6 Å². The van der Waals surface area contributed by atoms with Crippen molar-refractivity contribution in [3.8, 4) is 0 Å².